The van der Waals surface area contributed by atoms with Crippen LogP contribution in [0.2, 0.25) is 0 Å². The van der Waals surface area contributed by atoms with Crippen molar-refractivity contribution in [3.05, 3.63) is 76.0 Å². The number of hydrogen-bond donors (Lipinski definition) is 0. The molecule has 0 saturated heterocycles. The van der Waals surface area contributed by atoms with Gasteiger partial charge in [-0.05, 0) is 59.2 Å². The number of aromatic nitrogens is 1. The molecule has 0 spiro atoms. The lowest BCUT2D eigenvalue weighted by atomic mass is 10.0. The van der Waals surface area contributed by atoms with Gasteiger partial charge in [0.1, 0.15) is 0 Å². The fraction of sp³-hybridized carbons (Fsp3) is 0.296. The summed E-state index contributed by atoms with van der Waals surface area (Å²) in [7, 11) is 0. The highest BCUT2D eigenvalue weighted by Gasteiger charge is 2.25. The van der Waals surface area contributed by atoms with Gasteiger partial charge in [-0.3, -0.25) is 14.5 Å². The molecule has 7 heteroatoms. The number of anilines is 2. The molecule has 0 bridgehead atoms. The molecule has 2 amide bonds. The van der Waals surface area contributed by atoms with Crippen LogP contribution in [0.25, 0.3) is 10.2 Å². The normalized spacial score (nSPS) is 13.3. The van der Waals surface area contributed by atoms with E-state index in [1.807, 2.05) is 41.3 Å². The average molecular weight is 490 g/mol. The third-order valence-corrected chi connectivity index (χ3v) is 8.30. The number of amides is 2. The van der Waals surface area contributed by atoms with Gasteiger partial charge in [0.15, 0.2) is 5.13 Å². The highest BCUT2D eigenvalue weighted by atomic mass is 32.1. The minimum atomic E-state index is -0.113. The number of hydrogen-bond acceptors (Lipinski definition) is 5. The Hall–Kier alpha value is -3.03. The minimum Gasteiger partial charge on any atom is -0.338 e. The second-order valence-electron chi connectivity index (χ2n) is 8.87. The molecule has 2 aromatic heterocycles. The first-order valence-electron chi connectivity index (χ1n) is 11.6. The number of thiazole rings is 1. The average Bonchev–Trinajstić information content (AvgIpc) is 3.49. The zero-order chi connectivity index (χ0) is 23.7. The molecule has 0 radical (unpaired) electrons. The molecule has 174 valence electrons. The van der Waals surface area contributed by atoms with Crippen molar-refractivity contribution in [1.82, 2.24) is 9.88 Å². The lowest BCUT2D eigenvalue weighted by Crippen LogP contribution is -2.36. The second kappa shape index (κ2) is 9.68. The zero-order valence-corrected chi connectivity index (χ0v) is 21.0. The summed E-state index contributed by atoms with van der Waals surface area (Å²) < 4.78 is 1.03. The summed E-state index contributed by atoms with van der Waals surface area (Å²) in [6, 6.07) is 18.1. The lowest BCUT2D eigenvalue weighted by Gasteiger charge is -2.27. The van der Waals surface area contributed by atoms with Crippen LogP contribution in [0.4, 0.5) is 10.8 Å². The van der Waals surface area contributed by atoms with Crippen LogP contribution in [0.1, 0.15) is 48.6 Å². The molecule has 5 rings (SSSR count). The van der Waals surface area contributed by atoms with Gasteiger partial charge in [0.05, 0.1) is 15.9 Å². The van der Waals surface area contributed by atoms with Crippen LogP contribution in [-0.4, -0.2) is 28.2 Å². The number of carbonyl (C=O) groups excluding carboxylic acids is 2. The third kappa shape index (κ3) is 4.63. The van der Waals surface area contributed by atoms with Gasteiger partial charge in [-0.1, -0.05) is 49.4 Å². The van der Waals surface area contributed by atoms with Gasteiger partial charge in [0.2, 0.25) is 11.8 Å². The van der Waals surface area contributed by atoms with Gasteiger partial charge in [0, 0.05) is 30.8 Å². The van der Waals surface area contributed by atoms with E-state index in [0.29, 0.717) is 17.6 Å². The van der Waals surface area contributed by atoms with Crippen LogP contribution in [0.3, 0.4) is 0 Å². The summed E-state index contributed by atoms with van der Waals surface area (Å²) >= 11 is 3.25. The van der Waals surface area contributed by atoms with Crippen molar-refractivity contribution < 1.29 is 9.59 Å². The van der Waals surface area contributed by atoms with Gasteiger partial charge in [0.25, 0.3) is 0 Å². The number of thiophene rings is 1. The predicted molar refractivity (Wildman–Crippen MR) is 140 cm³/mol. The molecule has 0 N–H and O–H groups in total. The predicted octanol–water partition coefficient (Wildman–Crippen LogP) is 6.51. The lowest BCUT2D eigenvalue weighted by molar-refractivity contribution is -0.133. The smallest absolute Gasteiger partial charge is 0.233 e. The number of fused-ring (bicyclic) bond motifs is 2. The molecule has 2 aromatic carbocycles. The molecular weight excluding hydrogens is 462 g/mol. The van der Waals surface area contributed by atoms with Gasteiger partial charge in [-0.2, -0.15) is 0 Å². The van der Waals surface area contributed by atoms with Crippen molar-refractivity contribution in [3.63, 3.8) is 0 Å². The van der Waals surface area contributed by atoms with E-state index in [1.54, 1.807) is 16.2 Å². The molecule has 4 aromatic rings. The van der Waals surface area contributed by atoms with Gasteiger partial charge >= 0.3 is 0 Å². The van der Waals surface area contributed by atoms with Crippen molar-refractivity contribution >= 4 is 55.5 Å². The maximum absolute atomic E-state index is 13.5. The Labute approximate surface area is 207 Å². The summed E-state index contributed by atoms with van der Waals surface area (Å²) in [4.78, 5) is 36.1. The van der Waals surface area contributed by atoms with Gasteiger partial charge in [-0.25, -0.2) is 4.98 Å². The van der Waals surface area contributed by atoms with Crippen LogP contribution in [-0.2, 0) is 22.6 Å². The molecule has 1 aliphatic heterocycles. The highest BCUT2D eigenvalue weighted by Crippen LogP contribution is 2.35. The quantitative estimate of drug-likeness (QED) is 0.310. The van der Waals surface area contributed by atoms with Gasteiger partial charge < -0.3 is 4.90 Å². The molecule has 34 heavy (non-hydrogen) atoms. The fourth-order valence-electron chi connectivity index (χ4n) is 4.27. The topological polar surface area (TPSA) is 53.5 Å². The maximum Gasteiger partial charge on any atom is 0.233 e. The van der Waals surface area contributed by atoms with E-state index < -0.39 is 0 Å². The molecule has 0 fully saturated rings. The largest absolute Gasteiger partial charge is 0.338 e. The van der Waals surface area contributed by atoms with E-state index in [-0.39, 0.29) is 24.7 Å². The summed E-state index contributed by atoms with van der Waals surface area (Å²) in [6.07, 6.45) is 1.24. The van der Waals surface area contributed by atoms with Crippen molar-refractivity contribution in [1.29, 1.82) is 0 Å². The van der Waals surface area contributed by atoms with E-state index in [0.717, 1.165) is 28.9 Å². The minimum absolute atomic E-state index is 0.0320. The van der Waals surface area contributed by atoms with Crippen LogP contribution in [0.15, 0.2) is 60.0 Å². The molecule has 0 saturated carbocycles. The second-order valence-corrected chi connectivity index (χ2v) is 10.9. The van der Waals surface area contributed by atoms with Crippen LogP contribution in [0, 0.1) is 0 Å². The molecule has 5 nitrogen and oxygen atoms in total. The molecule has 0 atom stereocenters. The zero-order valence-electron chi connectivity index (χ0n) is 19.4. The summed E-state index contributed by atoms with van der Waals surface area (Å²) in [5.74, 6) is 0.328. The maximum atomic E-state index is 13.5. The number of benzene rings is 2. The van der Waals surface area contributed by atoms with Crippen LogP contribution in [0.5, 0.6) is 0 Å². The first-order valence-corrected chi connectivity index (χ1v) is 13.3. The van der Waals surface area contributed by atoms with E-state index in [1.165, 1.54) is 27.3 Å². The summed E-state index contributed by atoms with van der Waals surface area (Å²) in [6.45, 7) is 5.66. The standard InChI is InChI=1S/C27H27N3O2S2/c1-18(2)19-7-9-21(10-8-19)30(27-28-22-5-3-4-6-24(22)34-27)26(32)12-11-25(31)29-15-13-23-20(17-29)14-16-33-23/h3-10,14,16,18H,11-13,15,17H2,1-2H3. The van der Waals surface area contributed by atoms with Crippen molar-refractivity contribution in [2.45, 2.75) is 45.6 Å². The Morgan fingerprint density at radius 1 is 1.06 bits per heavy atom. The van der Waals surface area contributed by atoms with Gasteiger partial charge in [-0.15, -0.1) is 11.3 Å². The monoisotopic (exact) mass is 489 g/mol. The van der Waals surface area contributed by atoms with Crippen LogP contribution >= 0.6 is 22.7 Å². The molecule has 3 heterocycles. The van der Waals surface area contributed by atoms with Crippen molar-refractivity contribution in [2.75, 3.05) is 11.4 Å². The number of rotatable bonds is 6. The Kier molecular flexibility index (Phi) is 6.48. The highest BCUT2D eigenvalue weighted by molar-refractivity contribution is 7.22. The Morgan fingerprint density at radius 3 is 2.62 bits per heavy atom. The molecule has 0 unspecified atom stereocenters. The van der Waals surface area contributed by atoms with Crippen molar-refractivity contribution in [3.8, 4) is 0 Å². The van der Waals surface area contributed by atoms with E-state index >= 15 is 0 Å². The van der Waals surface area contributed by atoms with E-state index in [4.69, 9.17) is 4.98 Å². The summed E-state index contributed by atoms with van der Waals surface area (Å²) in [5.41, 5.74) is 4.10. The molecule has 0 aliphatic carbocycles. The Balaban J connectivity index is 1.36. The van der Waals surface area contributed by atoms with E-state index in [2.05, 4.69) is 37.4 Å². The van der Waals surface area contributed by atoms with Crippen molar-refractivity contribution in [2.24, 2.45) is 0 Å². The SMILES string of the molecule is CC(C)c1ccc(N(C(=O)CCC(=O)N2CCc3sccc3C2)c2nc3ccccc3s2)cc1. The van der Waals surface area contributed by atoms with E-state index in [9.17, 15) is 9.59 Å². The van der Waals surface area contributed by atoms with Crippen LogP contribution < -0.4 is 4.90 Å². The molecular formula is C27H27N3O2S2. The first kappa shape index (κ1) is 22.7. The fourth-order valence-corrected chi connectivity index (χ4v) is 6.16. The third-order valence-electron chi connectivity index (χ3n) is 6.25. The number of para-hydroxylation sites is 1. The Bertz CT molecular complexity index is 1290. The Morgan fingerprint density at radius 2 is 1.85 bits per heavy atom. The first-order chi connectivity index (χ1) is 16.5. The summed E-state index contributed by atoms with van der Waals surface area (Å²) in [5, 5.41) is 2.72. The molecule has 1 aliphatic rings. The number of nitrogens with zero attached hydrogens (tertiary/aromatic N) is 3. The number of carbonyl (C=O) groups is 2.